The van der Waals surface area contributed by atoms with Crippen LogP contribution in [0.15, 0.2) is 36.4 Å². The molecule has 3 heteroatoms. The Labute approximate surface area is 130 Å². The number of carbonyl (C=O) groups is 1. The SMILES string of the molecule is COC(=O)C(c1ccc(Cl)cc1)c1c(C)cc(C)cc1C. The Morgan fingerprint density at radius 1 is 1.05 bits per heavy atom. The molecule has 2 aromatic carbocycles. The van der Waals surface area contributed by atoms with Crippen molar-refractivity contribution in [3.63, 3.8) is 0 Å². The lowest BCUT2D eigenvalue weighted by atomic mass is 9.85. The van der Waals surface area contributed by atoms with Gasteiger partial charge < -0.3 is 4.74 Å². The first-order chi connectivity index (χ1) is 9.93. The van der Waals surface area contributed by atoms with E-state index in [1.165, 1.54) is 12.7 Å². The van der Waals surface area contributed by atoms with Gasteiger partial charge in [0.05, 0.1) is 7.11 Å². The lowest BCUT2D eigenvalue weighted by Crippen LogP contribution is -2.18. The van der Waals surface area contributed by atoms with E-state index in [0.717, 1.165) is 22.3 Å². The molecule has 0 spiro atoms. The zero-order valence-corrected chi connectivity index (χ0v) is 13.5. The minimum Gasteiger partial charge on any atom is -0.468 e. The molecule has 0 aromatic heterocycles. The molecule has 21 heavy (non-hydrogen) atoms. The van der Waals surface area contributed by atoms with Crippen LogP contribution >= 0.6 is 11.6 Å². The number of ether oxygens (including phenoxy) is 1. The fourth-order valence-corrected chi connectivity index (χ4v) is 2.97. The Morgan fingerprint density at radius 2 is 1.57 bits per heavy atom. The Hall–Kier alpha value is -1.80. The molecule has 0 aliphatic carbocycles. The molecule has 0 saturated heterocycles. The van der Waals surface area contributed by atoms with Gasteiger partial charge in [0.2, 0.25) is 0 Å². The second-order valence-corrected chi connectivity index (χ2v) is 5.76. The molecule has 0 saturated carbocycles. The molecule has 0 amide bonds. The maximum Gasteiger partial charge on any atom is 0.317 e. The third-order valence-electron chi connectivity index (χ3n) is 3.67. The number of rotatable bonds is 3. The van der Waals surface area contributed by atoms with Gasteiger partial charge in [-0.25, -0.2) is 0 Å². The number of methoxy groups -OCH3 is 1. The van der Waals surface area contributed by atoms with E-state index < -0.39 is 5.92 Å². The molecule has 1 atom stereocenters. The van der Waals surface area contributed by atoms with Crippen molar-refractivity contribution in [3.05, 3.63) is 69.2 Å². The van der Waals surface area contributed by atoms with Gasteiger partial charge in [0.25, 0.3) is 0 Å². The molecule has 0 bridgehead atoms. The van der Waals surface area contributed by atoms with Crippen LogP contribution in [-0.4, -0.2) is 13.1 Å². The fraction of sp³-hybridized carbons (Fsp3) is 0.278. The number of benzene rings is 2. The minimum atomic E-state index is -0.423. The van der Waals surface area contributed by atoms with Gasteiger partial charge in [0.15, 0.2) is 0 Å². The van der Waals surface area contributed by atoms with Crippen molar-refractivity contribution in [3.8, 4) is 0 Å². The highest BCUT2D eigenvalue weighted by molar-refractivity contribution is 6.30. The summed E-state index contributed by atoms with van der Waals surface area (Å²) < 4.78 is 5.02. The minimum absolute atomic E-state index is 0.257. The first kappa shape index (κ1) is 15.6. The summed E-state index contributed by atoms with van der Waals surface area (Å²) in [5, 5.41) is 0.653. The first-order valence-corrected chi connectivity index (χ1v) is 7.23. The van der Waals surface area contributed by atoms with Gasteiger partial charge >= 0.3 is 5.97 Å². The third kappa shape index (κ3) is 3.27. The van der Waals surface area contributed by atoms with Gasteiger partial charge in [0.1, 0.15) is 5.92 Å². The molecule has 2 nitrogen and oxygen atoms in total. The highest BCUT2D eigenvalue weighted by Crippen LogP contribution is 2.32. The summed E-state index contributed by atoms with van der Waals surface area (Å²) in [6.45, 7) is 6.11. The molecule has 0 heterocycles. The molecule has 2 rings (SSSR count). The van der Waals surface area contributed by atoms with E-state index in [0.29, 0.717) is 5.02 Å². The predicted molar refractivity (Wildman–Crippen MR) is 86.0 cm³/mol. The zero-order chi connectivity index (χ0) is 15.6. The van der Waals surface area contributed by atoms with Crippen LogP contribution in [0, 0.1) is 20.8 Å². The van der Waals surface area contributed by atoms with Gasteiger partial charge in [-0.05, 0) is 55.2 Å². The summed E-state index contributed by atoms with van der Waals surface area (Å²) in [4.78, 5) is 12.3. The predicted octanol–water partition coefficient (Wildman–Crippen LogP) is 4.57. The van der Waals surface area contributed by atoms with Crippen LogP contribution in [0.2, 0.25) is 5.02 Å². The highest BCUT2D eigenvalue weighted by Gasteiger charge is 2.26. The maximum absolute atomic E-state index is 12.3. The smallest absolute Gasteiger partial charge is 0.317 e. The quantitative estimate of drug-likeness (QED) is 0.776. The van der Waals surface area contributed by atoms with Crippen LogP contribution in [0.5, 0.6) is 0 Å². The van der Waals surface area contributed by atoms with Gasteiger partial charge in [-0.3, -0.25) is 4.79 Å². The summed E-state index contributed by atoms with van der Waals surface area (Å²) in [5.41, 5.74) is 5.28. The largest absolute Gasteiger partial charge is 0.468 e. The van der Waals surface area contributed by atoms with E-state index in [1.807, 2.05) is 26.0 Å². The summed E-state index contributed by atoms with van der Waals surface area (Å²) in [6, 6.07) is 11.5. The van der Waals surface area contributed by atoms with Crippen LogP contribution in [0.1, 0.15) is 33.7 Å². The summed E-state index contributed by atoms with van der Waals surface area (Å²) in [6.07, 6.45) is 0. The molecule has 1 unspecified atom stereocenters. The van der Waals surface area contributed by atoms with Crippen LogP contribution in [0.25, 0.3) is 0 Å². The molecule has 0 aliphatic rings. The van der Waals surface area contributed by atoms with Crippen LogP contribution < -0.4 is 0 Å². The second kappa shape index (κ2) is 6.31. The highest BCUT2D eigenvalue weighted by atomic mass is 35.5. The number of esters is 1. The number of hydrogen-bond acceptors (Lipinski definition) is 2. The van der Waals surface area contributed by atoms with E-state index in [4.69, 9.17) is 16.3 Å². The molecule has 0 N–H and O–H groups in total. The van der Waals surface area contributed by atoms with Crippen molar-refractivity contribution in [2.24, 2.45) is 0 Å². The Balaban J connectivity index is 2.62. The van der Waals surface area contributed by atoms with E-state index in [1.54, 1.807) is 12.1 Å². The van der Waals surface area contributed by atoms with E-state index in [-0.39, 0.29) is 5.97 Å². The van der Waals surface area contributed by atoms with E-state index >= 15 is 0 Å². The van der Waals surface area contributed by atoms with Gasteiger partial charge in [-0.2, -0.15) is 0 Å². The summed E-state index contributed by atoms with van der Waals surface area (Å²) >= 11 is 5.94. The monoisotopic (exact) mass is 302 g/mol. The number of aryl methyl sites for hydroxylation is 3. The van der Waals surface area contributed by atoms with Crippen molar-refractivity contribution in [1.29, 1.82) is 0 Å². The average Bonchev–Trinajstić information content (AvgIpc) is 2.43. The Bertz CT molecular complexity index is 636. The lowest BCUT2D eigenvalue weighted by molar-refractivity contribution is -0.141. The van der Waals surface area contributed by atoms with Gasteiger partial charge in [-0.15, -0.1) is 0 Å². The maximum atomic E-state index is 12.3. The molecule has 0 radical (unpaired) electrons. The normalized spacial score (nSPS) is 12.0. The van der Waals surface area contributed by atoms with Crippen molar-refractivity contribution in [2.75, 3.05) is 7.11 Å². The molecular formula is C18H19ClO2. The summed E-state index contributed by atoms with van der Waals surface area (Å²) in [7, 11) is 1.42. The van der Waals surface area contributed by atoms with Crippen molar-refractivity contribution < 1.29 is 9.53 Å². The molecule has 0 aliphatic heterocycles. The number of halogens is 1. The van der Waals surface area contributed by atoms with Crippen LogP contribution in [0.3, 0.4) is 0 Å². The Morgan fingerprint density at radius 3 is 2.05 bits per heavy atom. The lowest BCUT2D eigenvalue weighted by Gasteiger charge is -2.21. The average molecular weight is 303 g/mol. The second-order valence-electron chi connectivity index (χ2n) is 5.32. The van der Waals surface area contributed by atoms with Crippen LogP contribution in [-0.2, 0) is 9.53 Å². The zero-order valence-electron chi connectivity index (χ0n) is 12.7. The van der Waals surface area contributed by atoms with Crippen molar-refractivity contribution in [2.45, 2.75) is 26.7 Å². The standard InChI is InChI=1S/C18H19ClO2/c1-11-9-12(2)16(13(3)10-11)17(18(20)21-4)14-5-7-15(19)8-6-14/h5-10,17H,1-4H3. The van der Waals surface area contributed by atoms with Crippen molar-refractivity contribution in [1.82, 2.24) is 0 Å². The molecule has 2 aromatic rings. The number of hydrogen-bond donors (Lipinski definition) is 0. The van der Waals surface area contributed by atoms with Gasteiger partial charge in [0, 0.05) is 5.02 Å². The molecule has 0 fully saturated rings. The van der Waals surface area contributed by atoms with Crippen molar-refractivity contribution >= 4 is 17.6 Å². The summed E-state index contributed by atoms with van der Waals surface area (Å²) in [5.74, 6) is -0.680. The molecule has 110 valence electrons. The molecular weight excluding hydrogens is 284 g/mol. The van der Waals surface area contributed by atoms with Gasteiger partial charge in [-0.1, -0.05) is 41.4 Å². The van der Waals surface area contributed by atoms with E-state index in [9.17, 15) is 4.79 Å². The Kier molecular flexibility index (Phi) is 4.69. The van der Waals surface area contributed by atoms with E-state index in [2.05, 4.69) is 19.1 Å². The first-order valence-electron chi connectivity index (χ1n) is 6.85. The fourth-order valence-electron chi connectivity index (χ4n) is 2.84. The number of carbonyl (C=O) groups excluding carboxylic acids is 1. The third-order valence-corrected chi connectivity index (χ3v) is 3.92. The topological polar surface area (TPSA) is 26.3 Å². The van der Waals surface area contributed by atoms with Crippen LogP contribution in [0.4, 0.5) is 0 Å².